The minimum absolute atomic E-state index is 0.0520. The van der Waals surface area contributed by atoms with E-state index in [0.29, 0.717) is 16.8 Å². The smallest absolute Gasteiger partial charge is 0.414 e. The summed E-state index contributed by atoms with van der Waals surface area (Å²) in [5.74, 6) is -0.869. The van der Waals surface area contributed by atoms with Crippen molar-refractivity contribution in [2.45, 2.75) is 44.1 Å². The Balaban J connectivity index is 1.37. The summed E-state index contributed by atoms with van der Waals surface area (Å²) in [4.78, 5) is 39.8. The van der Waals surface area contributed by atoms with Crippen LogP contribution in [0.15, 0.2) is 36.4 Å². The lowest BCUT2D eigenvalue weighted by molar-refractivity contribution is -0.154. The van der Waals surface area contributed by atoms with Gasteiger partial charge in [-0.25, -0.2) is 9.18 Å². The SMILES string of the molecule is O=C1O[C@@H](CO)CN1c1ccc(-c2ccc3c(c2)CC2(C(=O)NCNC2=O)C2CCCCC32)c(F)c1. The van der Waals surface area contributed by atoms with Crippen molar-refractivity contribution in [3.63, 3.8) is 0 Å². The second-order valence-corrected chi connectivity index (χ2v) is 10.2. The third-order valence-corrected chi connectivity index (χ3v) is 8.37. The zero-order valence-corrected chi connectivity index (χ0v) is 19.8. The second-order valence-electron chi connectivity index (χ2n) is 10.2. The number of aliphatic hydroxyl groups is 1. The normalized spacial score (nSPS) is 26.7. The van der Waals surface area contributed by atoms with E-state index in [-0.39, 0.29) is 49.9 Å². The number of carbonyl (C=O) groups is 3. The van der Waals surface area contributed by atoms with Gasteiger partial charge in [0.25, 0.3) is 0 Å². The van der Waals surface area contributed by atoms with Crippen molar-refractivity contribution in [3.8, 4) is 11.1 Å². The van der Waals surface area contributed by atoms with Crippen LogP contribution in [0.2, 0.25) is 0 Å². The fourth-order valence-corrected chi connectivity index (χ4v) is 6.67. The Morgan fingerprint density at radius 1 is 1.06 bits per heavy atom. The molecule has 2 aromatic rings. The summed E-state index contributed by atoms with van der Waals surface area (Å²) in [5, 5.41) is 15.0. The minimum Gasteiger partial charge on any atom is -0.441 e. The number of nitrogens with zero attached hydrogens (tertiary/aromatic N) is 1. The average molecular weight is 494 g/mol. The van der Waals surface area contributed by atoms with E-state index in [4.69, 9.17) is 4.74 Å². The fourth-order valence-electron chi connectivity index (χ4n) is 6.67. The summed E-state index contributed by atoms with van der Waals surface area (Å²) in [6, 6.07) is 10.4. The van der Waals surface area contributed by atoms with Gasteiger partial charge in [0, 0.05) is 5.56 Å². The van der Waals surface area contributed by atoms with Crippen molar-refractivity contribution < 1.29 is 28.6 Å². The number of cyclic esters (lactones) is 1. The first kappa shape index (κ1) is 23.0. The van der Waals surface area contributed by atoms with E-state index in [1.54, 1.807) is 12.1 Å². The number of ether oxygens (including phenoxy) is 1. The Kier molecular flexibility index (Phi) is 5.48. The van der Waals surface area contributed by atoms with Gasteiger partial charge in [-0.2, -0.15) is 0 Å². The maximum absolute atomic E-state index is 15.3. The molecule has 3 N–H and O–H groups in total. The molecule has 9 heteroatoms. The van der Waals surface area contributed by atoms with Crippen LogP contribution < -0.4 is 15.5 Å². The summed E-state index contributed by atoms with van der Waals surface area (Å²) in [5.41, 5.74) is 2.28. The highest BCUT2D eigenvalue weighted by Crippen LogP contribution is 2.54. The Morgan fingerprint density at radius 2 is 1.83 bits per heavy atom. The molecule has 2 saturated heterocycles. The highest BCUT2D eigenvalue weighted by molar-refractivity contribution is 6.08. The number of anilines is 1. The van der Waals surface area contributed by atoms with E-state index in [0.717, 1.165) is 36.8 Å². The van der Waals surface area contributed by atoms with Crippen molar-refractivity contribution >= 4 is 23.6 Å². The molecule has 3 amide bonds. The summed E-state index contributed by atoms with van der Waals surface area (Å²) in [7, 11) is 0. The second kappa shape index (κ2) is 8.58. The molecule has 6 rings (SSSR count). The number of nitrogens with one attached hydrogen (secondary N) is 2. The molecule has 0 aromatic heterocycles. The minimum atomic E-state index is -1.14. The molecule has 3 atom stereocenters. The van der Waals surface area contributed by atoms with Crippen LogP contribution in [0.1, 0.15) is 42.7 Å². The van der Waals surface area contributed by atoms with Crippen molar-refractivity contribution in [2.75, 3.05) is 24.7 Å². The number of fused-ring (bicyclic) bond motifs is 4. The Hall–Kier alpha value is -3.46. The monoisotopic (exact) mass is 493 g/mol. The van der Waals surface area contributed by atoms with Gasteiger partial charge < -0.3 is 20.5 Å². The zero-order chi connectivity index (χ0) is 25.0. The number of aliphatic hydroxyl groups excluding tert-OH is 1. The van der Waals surface area contributed by atoms with Crippen LogP contribution in [-0.2, 0) is 20.7 Å². The molecule has 2 aliphatic carbocycles. The van der Waals surface area contributed by atoms with E-state index in [9.17, 15) is 19.5 Å². The van der Waals surface area contributed by atoms with Gasteiger partial charge >= 0.3 is 6.09 Å². The molecule has 2 heterocycles. The molecule has 2 aromatic carbocycles. The summed E-state index contributed by atoms with van der Waals surface area (Å²) < 4.78 is 20.4. The topological polar surface area (TPSA) is 108 Å². The van der Waals surface area contributed by atoms with Gasteiger partial charge in [0.15, 0.2) is 0 Å². The molecule has 0 bridgehead atoms. The predicted molar refractivity (Wildman–Crippen MR) is 129 cm³/mol. The lowest BCUT2D eigenvalue weighted by Crippen LogP contribution is -2.65. The van der Waals surface area contributed by atoms with Gasteiger partial charge in [0.2, 0.25) is 11.8 Å². The van der Waals surface area contributed by atoms with Crippen LogP contribution in [0.3, 0.4) is 0 Å². The average Bonchev–Trinajstić information content (AvgIpc) is 3.27. The van der Waals surface area contributed by atoms with Crippen LogP contribution >= 0.6 is 0 Å². The molecular formula is C27H28FN3O5. The first-order valence-corrected chi connectivity index (χ1v) is 12.5. The molecular weight excluding hydrogens is 465 g/mol. The van der Waals surface area contributed by atoms with Crippen LogP contribution in [-0.4, -0.2) is 48.9 Å². The molecule has 188 valence electrons. The maximum Gasteiger partial charge on any atom is 0.414 e. The molecule has 2 aliphatic heterocycles. The van der Waals surface area contributed by atoms with Gasteiger partial charge in [-0.3, -0.25) is 14.5 Å². The molecule has 2 unspecified atom stereocenters. The standard InChI is InChI=1S/C27H28FN3O5/c28-23-10-17(31-12-18(13-32)36-26(31)35)6-8-20(23)15-5-7-19-16(9-15)11-27(22-4-2-1-3-21(19)22)24(33)29-14-30-25(27)34/h5-10,18,21-22,32H,1-4,11-14H2,(H,29,33)(H,30,34)/t18-,21?,22?/m1/s1. The van der Waals surface area contributed by atoms with E-state index in [1.165, 1.54) is 11.0 Å². The van der Waals surface area contributed by atoms with Gasteiger partial charge in [0.05, 0.1) is 25.5 Å². The number of carbonyl (C=O) groups excluding carboxylic acids is 3. The largest absolute Gasteiger partial charge is 0.441 e. The van der Waals surface area contributed by atoms with Crippen LogP contribution in [0.25, 0.3) is 11.1 Å². The maximum atomic E-state index is 15.3. The van der Waals surface area contributed by atoms with Crippen LogP contribution in [0.5, 0.6) is 0 Å². The Morgan fingerprint density at radius 3 is 2.56 bits per heavy atom. The molecule has 36 heavy (non-hydrogen) atoms. The quantitative estimate of drug-likeness (QED) is 0.570. The highest BCUT2D eigenvalue weighted by Gasteiger charge is 2.58. The number of halogens is 1. The van der Waals surface area contributed by atoms with Crippen LogP contribution in [0.4, 0.5) is 14.9 Å². The third-order valence-electron chi connectivity index (χ3n) is 8.37. The zero-order valence-electron chi connectivity index (χ0n) is 19.8. The Labute approximate surface area is 207 Å². The number of benzene rings is 2. The molecule has 1 spiro atoms. The van der Waals surface area contributed by atoms with Gasteiger partial charge in [-0.15, -0.1) is 0 Å². The first-order chi connectivity index (χ1) is 17.4. The van der Waals surface area contributed by atoms with Crippen molar-refractivity contribution in [3.05, 3.63) is 53.3 Å². The molecule has 4 aliphatic rings. The number of rotatable bonds is 3. The molecule has 3 fully saturated rings. The van der Waals surface area contributed by atoms with Gasteiger partial charge in [0.1, 0.15) is 17.3 Å². The predicted octanol–water partition coefficient (Wildman–Crippen LogP) is 2.83. The molecule has 0 radical (unpaired) electrons. The lowest BCUT2D eigenvalue weighted by atomic mass is 9.54. The first-order valence-electron chi connectivity index (χ1n) is 12.5. The van der Waals surface area contributed by atoms with Crippen molar-refractivity contribution in [1.82, 2.24) is 10.6 Å². The van der Waals surface area contributed by atoms with Gasteiger partial charge in [-0.1, -0.05) is 31.0 Å². The summed E-state index contributed by atoms with van der Waals surface area (Å²) in [6.07, 6.45) is 2.84. The van der Waals surface area contributed by atoms with Gasteiger partial charge in [-0.05, 0) is 66.0 Å². The Bertz CT molecular complexity index is 1250. The van der Waals surface area contributed by atoms with Crippen LogP contribution in [0, 0.1) is 17.2 Å². The number of hydrogen-bond donors (Lipinski definition) is 3. The number of amides is 3. The van der Waals surface area contributed by atoms with E-state index in [1.807, 2.05) is 18.2 Å². The number of hydrogen-bond acceptors (Lipinski definition) is 5. The lowest BCUT2D eigenvalue weighted by Gasteiger charge is -2.50. The highest BCUT2D eigenvalue weighted by atomic mass is 19.1. The van der Waals surface area contributed by atoms with E-state index >= 15 is 4.39 Å². The van der Waals surface area contributed by atoms with E-state index in [2.05, 4.69) is 10.6 Å². The molecule has 1 saturated carbocycles. The fraction of sp³-hybridized carbons (Fsp3) is 0.444. The third kappa shape index (κ3) is 3.40. The van der Waals surface area contributed by atoms with Crippen molar-refractivity contribution in [1.29, 1.82) is 0 Å². The summed E-state index contributed by atoms with van der Waals surface area (Å²) in [6.45, 7) is 0.00389. The van der Waals surface area contributed by atoms with E-state index < -0.39 is 23.4 Å². The molecule has 8 nitrogen and oxygen atoms in total. The summed E-state index contributed by atoms with van der Waals surface area (Å²) >= 11 is 0. The van der Waals surface area contributed by atoms with Crippen molar-refractivity contribution in [2.24, 2.45) is 11.3 Å².